The highest BCUT2D eigenvalue weighted by molar-refractivity contribution is 6.16. The molecule has 1 fully saturated rings. The van der Waals surface area contributed by atoms with Crippen LogP contribution in [0.15, 0.2) is 0 Å². The number of aromatic nitrogens is 3. The van der Waals surface area contributed by atoms with Crippen molar-refractivity contribution in [1.29, 1.82) is 0 Å². The van der Waals surface area contributed by atoms with Gasteiger partial charge in [-0.1, -0.05) is 6.92 Å². The fraction of sp³-hybridized carbons (Fsp3) is 0.833. The van der Waals surface area contributed by atoms with Gasteiger partial charge < -0.3 is 4.57 Å². The molecule has 0 spiro atoms. The third-order valence-electron chi connectivity index (χ3n) is 3.43. The van der Waals surface area contributed by atoms with E-state index in [1.165, 1.54) is 0 Å². The van der Waals surface area contributed by atoms with Gasteiger partial charge in [0.1, 0.15) is 11.6 Å². The Morgan fingerprint density at radius 2 is 2.22 bits per heavy atom. The number of rotatable bonds is 4. The van der Waals surface area contributed by atoms with Crippen LogP contribution in [0.5, 0.6) is 0 Å². The summed E-state index contributed by atoms with van der Waals surface area (Å²) in [6.45, 7) is 2.78. The maximum atomic E-state index is 13.5. The molecule has 1 heterocycles. The second-order valence-corrected chi connectivity index (χ2v) is 5.18. The molecule has 0 saturated heterocycles. The van der Waals surface area contributed by atoms with E-state index in [0.717, 1.165) is 19.4 Å². The van der Waals surface area contributed by atoms with E-state index in [4.69, 9.17) is 11.6 Å². The van der Waals surface area contributed by atoms with Gasteiger partial charge in [0.2, 0.25) is 5.92 Å². The maximum Gasteiger partial charge on any atom is 0.248 e. The number of nitrogens with zero attached hydrogens (tertiary/aromatic N) is 3. The van der Waals surface area contributed by atoms with Gasteiger partial charge in [-0.15, -0.1) is 21.8 Å². The Hall–Kier alpha value is -0.710. The molecule has 1 unspecified atom stereocenters. The summed E-state index contributed by atoms with van der Waals surface area (Å²) in [7, 11) is 0. The van der Waals surface area contributed by atoms with E-state index in [-0.39, 0.29) is 24.6 Å². The molecule has 1 saturated carbocycles. The Morgan fingerprint density at radius 1 is 1.44 bits per heavy atom. The third kappa shape index (κ3) is 2.82. The van der Waals surface area contributed by atoms with Crippen molar-refractivity contribution < 1.29 is 8.78 Å². The van der Waals surface area contributed by atoms with Gasteiger partial charge in [-0.3, -0.25) is 0 Å². The standard InChI is InChI=1S/C12H18ClF2N3/c1-2-6-18-10(8-13)16-17-11(18)9-4-3-5-12(14,15)7-9/h9H,2-8H2,1H3. The molecule has 102 valence electrons. The average molecular weight is 278 g/mol. The summed E-state index contributed by atoms with van der Waals surface area (Å²) in [5.74, 6) is -1.11. The number of hydrogen-bond acceptors (Lipinski definition) is 2. The molecule has 1 aliphatic carbocycles. The van der Waals surface area contributed by atoms with E-state index in [9.17, 15) is 8.78 Å². The molecule has 2 rings (SSSR count). The molecule has 1 aliphatic rings. The van der Waals surface area contributed by atoms with Crippen LogP contribution < -0.4 is 0 Å². The zero-order valence-corrected chi connectivity index (χ0v) is 11.3. The van der Waals surface area contributed by atoms with E-state index in [0.29, 0.717) is 18.1 Å². The highest BCUT2D eigenvalue weighted by Gasteiger charge is 2.38. The second-order valence-electron chi connectivity index (χ2n) is 4.91. The zero-order valence-electron chi connectivity index (χ0n) is 10.5. The summed E-state index contributed by atoms with van der Waals surface area (Å²) < 4.78 is 28.8. The average Bonchev–Trinajstić information content (AvgIpc) is 2.71. The maximum absolute atomic E-state index is 13.5. The van der Waals surface area contributed by atoms with Gasteiger partial charge in [-0.05, 0) is 19.3 Å². The summed E-state index contributed by atoms with van der Waals surface area (Å²) in [6, 6.07) is 0. The SMILES string of the molecule is CCCn1c(CCl)nnc1C1CCCC(F)(F)C1. The normalized spacial score (nSPS) is 23.2. The monoisotopic (exact) mass is 277 g/mol. The van der Waals surface area contributed by atoms with Gasteiger partial charge in [0, 0.05) is 25.3 Å². The van der Waals surface area contributed by atoms with Crippen LogP contribution in [0, 0.1) is 0 Å². The van der Waals surface area contributed by atoms with Crippen LogP contribution in [0.1, 0.15) is 56.6 Å². The smallest absolute Gasteiger partial charge is 0.248 e. The van der Waals surface area contributed by atoms with Gasteiger partial charge in [0.25, 0.3) is 0 Å². The van der Waals surface area contributed by atoms with Gasteiger partial charge in [0.05, 0.1) is 5.88 Å². The first-order chi connectivity index (χ1) is 8.57. The number of halogens is 3. The molecule has 1 atom stereocenters. The summed E-state index contributed by atoms with van der Waals surface area (Å²) >= 11 is 5.80. The molecular formula is C12H18ClF2N3. The zero-order chi connectivity index (χ0) is 13.2. The van der Waals surface area contributed by atoms with Gasteiger partial charge in [0.15, 0.2) is 0 Å². The summed E-state index contributed by atoms with van der Waals surface area (Å²) in [5, 5.41) is 8.10. The minimum absolute atomic E-state index is 0.00617. The van der Waals surface area contributed by atoms with E-state index in [1.54, 1.807) is 0 Å². The Kier molecular flexibility index (Phi) is 4.20. The molecule has 3 nitrogen and oxygen atoms in total. The Bertz CT molecular complexity index is 406. The van der Waals surface area contributed by atoms with Gasteiger partial charge in [-0.2, -0.15) is 0 Å². The van der Waals surface area contributed by atoms with Crippen molar-refractivity contribution in [3.8, 4) is 0 Å². The first-order valence-corrected chi connectivity index (χ1v) is 6.96. The highest BCUT2D eigenvalue weighted by atomic mass is 35.5. The molecule has 0 aliphatic heterocycles. The Morgan fingerprint density at radius 3 is 2.83 bits per heavy atom. The van der Waals surface area contributed by atoms with E-state index < -0.39 is 5.92 Å². The third-order valence-corrected chi connectivity index (χ3v) is 3.67. The lowest BCUT2D eigenvalue weighted by molar-refractivity contribution is -0.0421. The van der Waals surface area contributed by atoms with Crippen LogP contribution in [0.3, 0.4) is 0 Å². The summed E-state index contributed by atoms with van der Waals surface area (Å²) in [4.78, 5) is 0. The van der Waals surface area contributed by atoms with Gasteiger partial charge in [-0.25, -0.2) is 8.78 Å². The fourth-order valence-electron chi connectivity index (χ4n) is 2.61. The van der Waals surface area contributed by atoms with E-state index >= 15 is 0 Å². The van der Waals surface area contributed by atoms with E-state index in [1.807, 2.05) is 11.5 Å². The quantitative estimate of drug-likeness (QED) is 0.785. The van der Waals surface area contributed by atoms with Crippen molar-refractivity contribution in [1.82, 2.24) is 14.8 Å². The van der Waals surface area contributed by atoms with Crippen LogP contribution in [0.2, 0.25) is 0 Å². The van der Waals surface area contributed by atoms with E-state index in [2.05, 4.69) is 10.2 Å². The summed E-state index contributed by atoms with van der Waals surface area (Å²) in [5.41, 5.74) is 0. The molecule has 0 amide bonds. The molecule has 0 bridgehead atoms. The minimum Gasteiger partial charge on any atom is -0.314 e. The fourth-order valence-corrected chi connectivity index (χ4v) is 2.81. The predicted octanol–water partition coefficient (Wildman–Crippen LogP) is 3.72. The van der Waals surface area contributed by atoms with Crippen LogP contribution in [0.4, 0.5) is 8.78 Å². The van der Waals surface area contributed by atoms with Crippen molar-refractivity contribution in [2.24, 2.45) is 0 Å². The number of hydrogen-bond donors (Lipinski definition) is 0. The molecule has 0 aromatic carbocycles. The van der Waals surface area contributed by atoms with Crippen molar-refractivity contribution in [3.05, 3.63) is 11.6 Å². The summed E-state index contributed by atoms with van der Waals surface area (Å²) in [6.07, 6.45) is 2.11. The van der Waals surface area contributed by atoms with Crippen LogP contribution >= 0.6 is 11.6 Å². The lowest BCUT2D eigenvalue weighted by Gasteiger charge is -2.28. The van der Waals surface area contributed by atoms with Crippen molar-refractivity contribution in [3.63, 3.8) is 0 Å². The van der Waals surface area contributed by atoms with Crippen molar-refractivity contribution in [2.45, 2.75) is 63.3 Å². The largest absolute Gasteiger partial charge is 0.314 e. The Balaban J connectivity index is 2.24. The highest BCUT2D eigenvalue weighted by Crippen LogP contribution is 2.41. The van der Waals surface area contributed by atoms with Crippen molar-refractivity contribution in [2.75, 3.05) is 0 Å². The first-order valence-electron chi connectivity index (χ1n) is 6.43. The molecule has 0 radical (unpaired) electrons. The topological polar surface area (TPSA) is 30.7 Å². The molecule has 6 heteroatoms. The molecule has 1 aromatic rings. The minimum atomic E-state index is -2.56. The molecule has 18 heavy (non-hydrogen) atoms. The van der Waals surface area contributed by atoms with Crippen LogP contribution in [0.25, 0.3) is 0 Å². The molecular weight excluding hydrogens is 260 g/mol. The molecule has 0 N–H and O–H groups in total. The lowest BCUT2D eigenvalue weighted by Crippen LogP contribution is -2.26. The van der Waals surface area contributed by atoms with Crippen LogP contribution in [-0.2, 0) is 12.4 Å². The van der Waals surface area contributed by atoms with Crippen LogP contribution in [-0.4, -0.2) is 20.7 Å². The number of alkyl halides is 3. The lowest BCUT2D eigenvalue weighted by atomic mass is 9.86. The first kappa shape index (κ1) is 13.7. The second kappa shape index (κ2) is 5.51. The predicted molar refractivity (Wildman–Crippen MR) is 66.0 cm³/mol. The Labute approximate surface area is 111 Å². The molecule has 1 aromatic heterocycles. The van der Waals surface area contributed by atoms with Crippen molar-refractivity contribution >= 4 is 11.6 Å². The van der Waals surface area contributed by atoms with Gasteiger partial charge >= 0.3 is 0 Å².